The Morgan fingerprint density at radius 2 is 1.57 bits per heavy atom. The van der Waals surface area contributed by atoms with E-state index in [1.807, 2.05) is 59.4 Å². The zero-order valence-corrected chi connectivity index (χ0v) is 32.0. The topological polar surface area (TPSA) is 95.4 Å². The van der Waals surface area contributed by atoms with Crippen molar-refractivity contribution in [2.45, 2.75) is 122 Å². The molecule has 2 N–H and O–H groups in total. The van der Waals surface area contributed by atoms with Crippen LogP contribution in [0.1, 0.15) is 107 Å². The van der Waals surface area contributed by atoms with Gasteiger partial charge in [0.1, 0.15) is 0 Å². The fourth-order valence-corrected chi connectivity index (χ4v) is 7.74. The molecule has 1 fully saturated rings. The summed E-state index contributed by atoms with van der Waals surface area (Å²) in [6.07, 6.45) is 5.90. The number of hydrogen-bond donors (Lipinski definition) is 2. The number of ketones is 1. The first-order valence-electron chi connectivity index (χ1n) is 15.6. The van der Waals surface area contributed by atoms with Crippen LogP contribution in [0.3, 0.4) is 0 Å². The number of hydrazone groups is 2. The van der Waals surface area contributed by atoms with Crippen LogP contribution in [-0.4, -0.2) is 65.9 Å². The zero-order chi connectivity index (χ0) is 32.7. The molecular formula is C33H61N5O3Sn. The van der Waals surface area contributed by atoms with E-state index in [1.165, 1.54) is 36.1 Å². The quantitative estimate of drug-likeness (QED) is 0.234. The van der Waals surface area contributed by atoms with E-state index in [1.54, 1.807) is 0 Å². The molecule has 1 aliphatic carbocycles. The Labute approximate surface area is 261 Å². The minimum atomic E-state index is -2.41. The molecule has 0 saturated heterocycles. The third-order valence-electron chi connectivity index (χ3n) is 6.56. The Hall–Kier alpha value is -1.94. The molecule has 1 aromatic carbocycles. The number of rotatable bonds is 8. The molecule has 240 valence electrons. The molecule has 0 unspecified atom stereocenters. The van der Waals surface area contributed by atoms with Crippen LogP contribution in [0.4, 0.5) is 0 Å². The zero-order valence-electron chi connectivity index (χ0n) is 29.2. The molecule has 42 heavy (non-hydrogen) atoms. The number of carbonyl (C=O) groups is 2. The van der Waals surface area contributed by atoms with Gasteiger partial charge in [0.15, 0.2) is 0 Å². The Bertz CT molecular complexity index is 1030. The van der Waals surface area contributed by atoms with Crippen molar-refractivity contribution in [1.29, 1.82) is 0 Å². The maximum Gasteiger partial charge on any atom is -0.0354 e. The van der Waals surface area contributed by atoms with E-state index in [0.29, 0.717) is 17.8 Å². The van der Waals surface area contributed by atoms with Crippen LogP contribution >= 0.6 is 0 Å². The summed E-state index contributed by atoms with van der Waals surface area (Å²) < 4.78 is 6.78. The second kappa shape index (κ2) is 18.7. The van der Waals surface area contributed by atoms with E-state index >= 15 is 0 Å². The minimum absolute atomic E-state index is 0.00166. The van der Waals surface area contributed by atoms with Gasteiger partial charge in [-0.1, -0.05) is 54.9 Å². The molecule has 0 bridgehead atoms. The summed E-state index contributed by atoms with van der Waals surface area (Å²) in [4.78, 5) is 33.0. The van der Waals surface area contributed by atoms with Crippen molar-refractivity contribution in [3.63, 3.8) is 0 Å². The summed E-state index contributed by atoms with van der Waals surface area (Å²) in [5.41, 5.74) is 7.67. The third kappa shape index (κ3) is 16.1. The van der Waals surface area contributed by atoms with Crippen LogP contribution < -0.4 is 14.4 Å². The monoisotopic (exact) mass is 695 g/mol. The number of carbonyl (C=O) groups excluding carboxylic acids is 2. The normalized spacial score (nSPS) is 14.7. The summed E-state index contributed by atoms with van der Waals surface area (Å²) in [6, 6.07) is 6.39. The van der Waals surface area contributed by atoms with Crippen molar-refractivity contribution in [2.24, 2.45) is 21.5 Å². The van der Waals surface area contributed by atoms with Gasteiger partial charge in [-0.05, 0) is 24.2 Å². The van der Waals surface area contributed by atoms with Gasteiger partial charge in [0.05, 0.1) is 0 Å². The van der Waals surface area contributed by atoms with Crippen LogP contribution in [0.15, 0.2) is 28.4 Å². The smallest absolute Gasteiger partial charge is 0.0354 e. The molecule has 0 radical (unpaired) electrons. The van der Waals surface area contributed by atoms with Crippen LogP contribution in [0.2, 0.25) is 14.8 Å². The minimum Gasteiger partial charge on any atom is -0.0599 e. The number of benzene rings is 1. The van der Waals surface area contributed by atoms with Crippen LogP contribution in [0.5, 0.6) is 0 Å². The number of esters is 1. The molecule has 1 aromatic rings. The van der Waals surface area contributed by atoms with E-state index in [4.69, 9.17) is 4.74 Å². The van der Waals surface area contributed by atoms with Gasteiger partial charge in [0.2, 0.25) is 0 Å². The van der Waals surface area contributed by atoms with Crippen LogP contribution in [0.25, 0.3) is 0 Å². The number of nitrogens with zero attached hydrogens (tertiary/aromatic N) is 3. The van der Waals surface area contributed by atoms with E-state index in [-0.39, 0.29) is 24.8 Å². The van der Waals surface area contributed by atoms with E-state index in [0.717, 1.165) is 17.0 Å². The molecule has 0 spiro atoms. The fraction of sp³-hybridized carbons (Fsp3) is 0.697. The standard InChI is InChI=1S/C18H24N5O3.C8H16.2C2H6.3CH3.Sn/c1-13(24)9-23(11-16(25)26-18(2,3)4)10-14-6-5-7-15(8-14)17-21-19-12-20-22-17;1-8(2,3)7-5-4-6-7;2*1-2;;;;/h6-8,12H,9-11H2,1-4H3,(H,19,20)(H,21,22);7H,4-6H2,1-3H3;2*1-2H3;3*1H3;. The van der Waals surface area contributed by atoms with Crippen molar-refractivity contribution < 1.29 is 14.3 Å². The number of ether oxygens (including phenoxy) is 1. The van der Waals surface area contributed by atoms with E-state index in [9.17, 15) is 9.59 Å². The molecular weight excluding hydrogens is 633 g/mol. The molecule has 1 heterocycles. The second-order valence-electron chi connectivity index (χ2n) is 13.6. The molecule has 0 amide bonds. The predicted octanol–water partition coefficient (Wildman–Crippen LogP) is 6.65. The summed E-state index contributed by atoms with van der Waals surface area (Å²) in [5.74, 6) is 1.33. The Morgan fingerprint density at radius 3 is 1.95 bits per heavy atom. The van der Waals surface area contributed by atoms with Gasteiger partial charge in [-0.25, -0.2) is 0 Å². The van der Waals surface area contributed by atoms with Crippen molar-refractivity contribution in [1.82, 2.24) is 15.8 Å². The Kier molecular flexibility index (Phi) is 17.8. The maximum absolute atomic E-state index is 12.4. The number of amidine groups is 1. The van der Waals surface area contributed by atoms with Crippen LogP contribution in [-0.2, 0) is 20.9 Å². The number of nitrogens with one attached hydrogen (secondary N) is 2. The average molecular weight is 695 g/mol. The molecule has 3 rings (SSSR count). The molecule has 1 aliphatic heterocycles. The molecule has 8 nitrogen and oxygen atoms in total. The fourth-order valence-electron chi connectivity index (χ4n) is 4.29. The van der Waals surface area contributed by atoms with Gasteiger partial charge in [-0.15, -0.1) is 0 Å². The summed E-state index contributed by atoms with van der Waals surface area (Å²) in [7, 11) is 0. The molecule has 1 saturated carbocycles. The van der Waals surface area contributed by atoms with Gasteiger partial charge in [0, 0.05) is 0 Å². The Morgan fingerprint density at radius 1 is 0.976 bits per heavy atom. The van der Waals surface area contributed by atoms with Gasteiger partial charge < -0.3 is 0 Å². The molecule has 9 heteroatoms. The van der Waals surface area contributed by atoms with E-state index < -0.39 is 24.0 Å². The van der Waals surface area contributed by atoms with Gasteiger partial charge in [-0.2, -0.15) is 0 Å². The van der Waals surface area contributed by atoms with Crippen molar-refractivity contribution >= 4 is 45.9 Å². The summed E-state index contributed by atoms with van der Waals surface area (Å²) in [5, 5.41) is 8.28. The number of hydrogen-bond acceptors (Lipinski definition) is 8. The van der Waals surface area contributed by atoms with Gasteiger partial charge in [0.25, 0.3) is 0 Å². The van der Waals surface area contributed by atoms with E-state index in [2.05, 4.69) is 68.8 Å². The Balaban J connectivity index is 0.00000118. The molecule has 2 aliphatic rings. The number of Topliss-reactive ketones (excluding diaryl/α,β-unsaturated/α-hetero) is 1. The maximum atomic E-state index is 12.4. The summed E-state index contributed by atoms with van der Waals surface area (Å²) >= 11 is -2.41. The first-order chi connectivity index (χ1) is 19.4. The van der Waals surface area contributed by atoms with Gasteiger partial charge >= 0.3 is 183 Å². The second-order valence-corrected chi connectivity index (χ2v) is 28.0. The summed E-state index contributed by atoms with van der Waals surface area (Å²) in [6.45, 7) is 22.8. The predicted molar refractivity (Wildman–Crippen MR) is 182 cm³/mol. The average Bonchev–Trinajstić information content (AvgIpc) is 2.83. The first-order valence-corrected chi connectivity index (χ1v) is 25.6. The SMILES string of the molecule is CC.CC.CC(=O)CN(CC(=O)OC(C)(C)C)Cc1cc(C2=NNC=NN2)c[c]([Sn]([CH3])([CH3])[CH3])c1.CC(C)(C)C1CCC1. The molecule has 0 aromatic heterocycles. The third-order valence-corrected chi connectivity index (χ3v) is 12.3. The van der Waals surface area contributed by atoms with Crippen molar-refractivity contribution in [3.05, 3.63) is 29.3 Å². The molecule has 0 atom stereocenters. The largest absolute Gasteiger partial charge is 0.0599 e. The van der Waals surface area contributed by atoms with Gasteiger partial charge in [-0.3, -0.25) is 0 Å². The first kappa shape index (κ1) is 40.1. The van der Waals surface area contributed by atoms with Crippen LogP contribution in [0, 0.1) is 11.3 Å². The van der Waals surface area contributed by atoms with Crippen molar-refractivity contribution in [3.8, 4) is 0 Å². The van der Waals surface area contributed by atoms with Crippen molar-refractivity contribution in [2.75, 3.05) is 13.1 Å².